The van der Waals surface area contributed by atoms with Crippen molar-refractivity contribution in [1.29, 1.82) is 0 Å². The molecule has 7 nitrogen and oxygen atoms in total. The fourth-order valence-corrected chi connectivity index (χ4v) is 6.32. The van der Waals surface area contributed by atoms with Crippen molar-refractivity contribution < 1.29 is 17.7 Å². The number of nitrogens with one attached hydrogen (secondary N) is 1. The highest BCUT2D eigenvalue weighted by atomic mass is 32.2. The van der Waals surface area contributed by atoms with Gasteiger partial charge in [-0.2, -0.15) is 4.31 Å². The monoisotopic (exact) mass is 411 g/mol. The molecule has 1 aromatic rings. The first-order valence-corrected chi connectivity index (χ1v) is 12.0. The molecule has 2 aliphatic rings. The van der Waals surface area contributed by atoms with E-state index in [0.717, 1.165) is 12.8 Å². The van der Waals surface area contributed by atoms with Gasteiger partial charge in [0.25, 0.3) is 0 Å². The molecule has 1 saturated heterocycles. The summed E-state index contributed by atoms with van der Waals surface area (Å²) < 4.78 is 32.4. The standard InChI is InChI=1S/C20H33N3O4S/c1-14(20(24)21-18-8-6-4-5-7-9-18)17-10-12-23(13-11-17)28(25,26)19-15(2)22-27-16(19)3/h14,17-18H,4-13H2,1-3H3,(H,21,24)/t14-/m1/s1. The lowest BCUT2D eigenvalue weighted by Gasteiger charge is -2.34. The number of carbonyl (C=O) groups excluding carboxylic acids is 1. The average molecular weight is 412 g/mol. The lowest BCUT2D eigenvalue weighted by Crippen LogP contribution is -2.44. The zero-order valence-corrected chi connectivity index (χ0v) is 18.1. The maximum absolute atomic E-state index is 12.9. The van der Waals surface area contributed by atoms with Crippen LogP contribution < -0.4 is 5.32 Å². The average Bonchev–Trinajstić information content (AvgIpc) is 2.86. The molecule has 0 bridgehead atoms. The Hall–Kier alpha value is -1.41. The van der Waals surface area contributed by atoms with Crippen molar-refractivity contribution in [3.05, 3.63) is 11.5 Å². The molecule has 2 heterocycles. The molecule has 1 atom stereocenters. The highest BCUT2D eigenvalue weighted by Crippen LogP contribution is 2.31. The third-order valence-electron chi connectivity index (χ3n) is 6.39. The molecule has 0 radical (unpaired) electrons. The third-order valence-corrected chi connectivity index (χ3v) is 8.53. The Labute approximate surface area is 168 Å². The molecule has 0 unspecified atom stereocenters. The van der Waals surface area contributed by atoms with Crippen LogP contribution in [0, 0.1) is 25.7 Å². The van der Waals surface area contributed by atoms with Gasteiger partial charge in [-0.3, -0.25) is 4.79 Å². The quantitative estimate of drug-likeness (QED) is 0.751. The fraction of sp³-hybridized carbons (Fsp3) is 0.800. The number of hydrogen-bond donors (Lipinski definition) is 1. The highest BCUT2D eigenvalue weighted by Gasteiger charge is 2.36. The van der Waals surface area contributed by atoms with Gasteiger partial charge in [-0.15, -0.1) is 0 Å². The predicted molar refractivity (Wildman–Crippen MR) is 106 cm³/mol. The summed E-state index contributed by atoms with van der Waals surface area (Å²) in [5.74, 6) is 0.573. The molecule has 1 saturated carbocycles. The minimum atomic E-state index is -3.60. The van der Waals surface area contributed by atoms with Gasteiger partial charge in [-0.25, -0.2) is 8.42 Å². The van der Waals surface area contributed by atoms with Gasteiger partial charge in [-0.05, 0) is 45.4 Å². The lowest BCUT2D eigenvalue weighted by molar-refractivity contribution is -0.127. The number of rotatable bonds is 5. The molecule has 0 aromatic carbocycles. The van der Waals surface area contributed by atoms with Crippen LogP contribution in [-0.4, -0.2) is 42.9 Å². The van der Waals surface area contributed by atoms with Crippen molar-refractivity contribution in [1.82, 2.24) is 14.8 Å². The first kappa shape index (κ1) is 21.3. The van der Waals surface area contributed by atoms with Gasteiger partial charge in [0.1, 0.15) is 10.6 Å². The molecule has 28 heavy (non-hydrogen) atoms. The number of amides is 1. The van der Waals surface area contributed by atoms with E-state index in [1.54, 1.807) is 13.8 Å². The van der Waals surface area contributed by atoms with Crippen LogP contribution in [-0.2, 0) is 14.8 Å². The topological polar surface area (TPSA) is 92.5 Å². The number of hydrogen-bond acceptors (Lipinski definition) is 5. The van der Waals surface area contributed by atoms with Crippen molar-refractivity contribution in [2.45, 2.75) is 83.1 Å². The van der Waals surface area contributed by atoms with Crippen molar-refractivity contribution >= 4 is 15.9 Å². The van der Waals surface area contributed by atoms with Crippen molar-refractivity contribution in [3.8, 4) is 0 Å². The zero-order chi connectivity index (χ0) is 20.3. The Morgan fingerprint density at radius 3 is 2.25 bits per heavy atom. The van der Waals surface area contributed by atoms with Crippen molar-refractivity contribution in [2.75, 3.05) is 13.1 Å². The first-order chi connectivity index (χ1) is 13.3. The second kappa shape index (κ2) is 8.95. The van der Waals surface area contributed by atoms with Crippen LogP contribution in [0.15, 0.2) is 9.42 Å². The smallest absolute Gasteiger partial charge is 0.248 e. The summed E-state index contributed by atoms with van der Waals surface area (Å²) >= 11 is 0. The zero-order valence-electron chi connectivity index (χ0n) is 17.2. The van der Waals surface area contributed by atoms with Crippen LogP contribution in [0.1, 0.15) is 69.7 Å². The van der Waals surface area contributed by atoms with Gasteiger partial charge in [0.15, 0.2) is 5.76 Å². The summed E-state index contributed by atoms with van der Waals surface area (Å²) in [5.41, 5.74) is 0.399. The Morgan fingerprint density at radius 1 is 1.11 bits per heavy atom. The Bertz CT molecular complexity index is 754. The van der Waals surface area contributed by atoms with Crippen LogP contribution in [0.5, 0.6) is 0 Å². The number of piperidine rings is 1. The normalized spacial score (nSPS) is 22.0. The molecule has 1 aliphatic heterocycles. The van der Waals surface area contributed by atoms with Gasteiger partial charge in [0.05, 0.1) is 0 Å². The summed E-state index contributed by atoms with van der Waals surface area (Å²) in [6.07, 6.45) is 8.46. The van der Waals surface area contributed by atoms with Crippen LogP contribution in [0.25, 0.3) is 0 Å². The Kier molecular flexibility index (Phi) is 6.81. The molecule has 1 aliphatic carbocycles. The molecule has 3 rings (SSSR count). The van der Waals surface area contributed by atoms with Crippen LogP contribution in [0.2, 0.25) is 0 Å². The van der Waals surface area contributed by atoms with Gasteiger partial charge < -0.3 is 9.84 Å². The number of aryl methyl sites for hydroxylation is 2. The Morgan fingerprint density at radius 2 is 1.71 bits per heavy atom. The third kappa shape index (κ3) is 4.59. The molecule has 8 heteroatoms. The van der Waals surface area contributed by atoms with E-state index in [0.29, 0.717) is 43.4 Å². The van der Waals surface area contributed by atoms with Crippen LogP contribution in [0.4, 0.5) is 0 Å². The number of carbonyl (C=O) groups is 1. The predicted octanol–water partition coefficient (Wildman–Crippen LogP) is 3.17. The minimum absolute atomic E-state index is 0.0906. The van der Waals surface area contributed by atoms with Gasteiger partial charge in [0.2, 0.25) is 15.9 Å². The second-order valence-corrected chi connectivity index (χ2v) is 10.3. The molecule has 1 amide bonds. The van der Waals surface area contributed by atoms with E-state index in [-0.39, 0.29) is 22.6 Å². The van der Waals surface area contributed by atoms with E-state index < -0.39 is 10.0 Å². The minimum Gasteiger partial charge on any atom is -0.360 e. The van der Waals surface area contributed by atoms with Crippen LogP contribution in [0.3, 0.4) is 0 Å². The van der Waals surface area contributed by atoms with E-state index in [1.807, 2.05) is 6.92 Å². The van der Waals surface area contributed by atoms with Crippen molar-refractivity contribution in [2.24, 2.45) is 11.8 Å². The molecule has 158 valence electrons. The van der Waals surface area contributed by atoms with Crippen molar-refractivity contribution in [3.63, 3.8) is 0 Å². The summed E-state index contributed by atoms with van der Waals surface area (Å²) in [4.78, 5) is 12.9. The summed E-state index contributed by atoms with van der Waals surface area (Å²) in [6.45, 7) is 6.11. The van der Waals surface area contributed by atoms with E-state index in [2.05, 4.69) is 10.5 Å². The fourth-order valence-electron chi connectivity index (χ4n) is 4.56. The van der Waals surface area contributed by atoms with E-state index in [1.165, 1.54) is 30.0 Å². The lowest BCUT2D eigenvalue weighted by atomic mass is 9.85. The van der Waals surface area contributed by atoms with E-state index in [9.17, 15) is 13.2 Å². The first-order valence-electron chi connectivity index (χ1n) is 10.5. The van der Waals surface area contributed by atoms with Gasteiger partial charge in [-0.1, -0.05) is 37.8 Å². The molecule has 1 aromatic heterocycles. The summed E-state index contributed by atoms with van der Waals surface area (Å²) in [6, 6.07) is 0.303. The molecular weight excluding hydrogens is 378 g/mol. The molecule has 0 spiro atoms. The molecule has 2 fully saturated rings. The van der Waals surface area contributed by atoms with E-state index >= 15 is 0 Å². The number of sulfonamides is 1. The number of nitrogens with zero attached hydrogens (tertiary/aromatic N) is 2. The number of aromatic nitrogens is 1. The summed E-state index contributed by atoms with van der Waals surface area (Å²) in [7, 11) is -3.60. The van der Waals surface area contributed by atoms with Gasteiger partial charge in [0, 0.05) is 25.0 Å². The van der Waals surface area contributed by atoms with E-state index in [4.69, 9.17) is 4.52 Å². The SMILES string of the molecule is Cc1noc(C)c1S(=O)(=O)N1CCC([C@@H](C)C(=O)NC2CCCCCC2)CC1. The maximum Gasteiger partial charge on any atom is 0.248 e. The van der Waals surface area contributed by atoms with Gasteiger partial charge >= 0.3 is 0 Å². The summed E-state index contributed by atoms with van der Waals surface area (Å²) in [5, 5.41) is 7.02. The van der Waals surface area contributed by atoms with Crippen LogP contribution >= 0.6 is 0 Å². The largest absolute Gasteiger partial charge is 0.360 e. The Balaban J connectivity index is 1.56. The maximum atomic E-state index is 12.9. The molecular formula is C20H33N3O4S. The molecule has 1 N–H and O–H groups in total. The second-order valence-electron chi connectivity index (χ2n) is 8.38. The highest BCUT2D eigenvalue weighted by molar-refractivity contribution is 7.89.